The first-order valence-electron chi connectivity index (χ1n) is 4.17. The Morgan fingerprint density at radius 2 is 1.93 bits per heavy atom. The van der Waals surface area contributed by atoms with Gasteiger partial charge in [0.1, 0.15) is 0 Å². The van der Waals surface area contributed by atoms with Crippen LogP contribution < -0.4 is 5.76 Å². The van der Waals surface area contributed by atoms with Gasteiger partial charge < -0.3 is 0 Å². The van der Waals surface area contributed by atoms with Crippen LogP contribution >= 0.6 is 0 Å². The Bertz CT molecular complexity index is 493. The minimum Gasteiger partial charge on any atom is -0.296 e. The van der Waals surface area contributed by atoms with Crippen molar-refractivity contribution >= 4 is 0 Å². The number of nitrogens with zero attached hydrogens (tertiary/aromatic N) is 2. The molecule has 0 bridgehead atoms. The van der Waals surface area contributed by atoms with E-state index in [1.54, 1.807) is 0 Å². The van der Waals surface area contributed by atoms with Crippen LogP contribution in [0.4, 0.5) is 0 Å². The van der Waals surface area contributed by atoms with Gasteiger partial charge in [0.15, 0.2) is 5.82 Å². The van der Waals surface area contributed by atoms with E-state index < -0.39 is 5.76 Å². The standard InChI is InChI=1S/C9H9N3O2/c1-5-3-7(4-6(2)10-5)8-11-9(13)14-12-8/h3-4H,1-2H3,(H,11,12,13). The van der Waals surface area contributed by atoms with E-state index in [1.165, 1.54) is 0 Å². The van der Waals surface area contributed by atoms with E-state index in [9.17, 15) is 4.79 Å². The van der Waals surface area contributed by atoms with Gasteiger partial charge in [-0.25, -0.2) is 4.79 Å². The minimum absolute atomic E-state index is 0.434. The van der Waals surface area contributed by atoms with Gasteiger partial charge in [0.25, 0.3) is 0 Å². The summed E-state index contributed by atoms with van der Waals surface area (Å²) in [5.41, 5.74) is 2.56. The van der Waals surface area contributed by atoms with Crippen molar-refractivity contribution in [2.75, 3.05) is 0 Å². The Hall–Kier alpha value is -1.91. The maximum absolute atomic E-state index is 10.7. The highest BCUT2D eigenvalue weighted by atomic mass is 16.5. The molecule has 1 N–H and O–H groups in total. The van der Waals surface area contributed by atoms with Crippen molar-refractivity contribution in [3.8, 4) is 11.4 Å². The SMILES string of the molecule is Cc1cc(-c2noc(=O)[nH]2)cc(C)n1. The van der Waals surface area contributed by atoms with E-state index >= 15 is 0 Å². The molecule has 2 aromatic heterocycles. The van der Waals surface area contributed by atoms with Crippen molar-refractivity contribution in [3.63, 3.8) is 0 Å². The van der Waals surface area contributed by atoms with Crippen molar-refractivity contribution in [1.82, 2.24) is 15.1 Å². The van der Waals surface area contributed by atoms with E-state index in [-0.39, 0.29) is 0 Å². The monoisotopic (exact) mass is 191 g/mol. The Kier molecular flexibility index (Phi) is 1.92. The molecule has 2 heterocycles. The van der Waals surface area contributed by atoms with E-state index in [0.717, 1.165) is 17.0 Å². The van der Waals surface area contributed by atoms with Crippen LogP contribution in [0.25, 0.3) is 11.4 Å². The molecule has 0 radical (unpaired) electrons. The molecule has 2 rings (SSSR count). The zero-order chi connectivity index (χ0) is 10.1. The summed E-state index contributed by atoms with van der Waals surface area (Å²) in [6, 6.07) is 3.67. The summed E-state index contributed by atoms with van der Waals surface area (Å²) in [5.74, 6) is -0.115. The van der Waals surface area contributed by atoms with Crippen molar-refractivity contribution in [3.05, 3.63) is 34.1 Å². The molecular formula is C9H9N3O2. The van der Waals surface area contributed by atoms with Crippen molar-refractivity contribution in [2.24, 2.45) is 0 Å². The number of nitrogens with one attached hydrogen (secondary N) is 1. The largest absolute Gasteiger partial charge is 0.439 e. The lowest BCUT2D eigenvalue weighted by molar-refractivity contribution is 0.388. The summed E-state index contributed by atoms with van der Waals surface area (Å²) in [6.07, 6.45) is 0. The summed E-state index contributed by atoms with van der Waals surface area (Å²) in [6.45, 7) is 3.77. The molecule has 72 valence electrons. The van der Waals surface area contributed by atoms with E-state index in [4.69, 9.17) is 0 Å². The van der Waals surface area contributed by atoms with Crippen LogP contribution in [-0.4, -0.2) is 15.1 Å². The fourth-order valence-electron chi connectivity index (χ4n) is 1.33. The zero-order valence-corrected chi connectivity index (χ0v) is 7.87. The van der Waals surface area contributed by atoms with Crippen LogP contribution in [-0.2, 0) is 0 Å². The van der Waals surface area contributed by atoms with Gasteiger partial charge in [-0.15, -0.1) is 0 Å². The number of aromatic nitrogens is 3. The maximum atomic E-state index is 10.7. The lowest BCUT2D eigenvalue weighted by Crippen LogP contribution is -1.95. The van der Waals surface area contributed by atoms with Crippen LogP contribution in [0, 0.1) is 13.8 Å². The number of aryl methyl sites for hydroxylation is 2. The second kappa shape index (κ2) is 3.10. The molecule has 0 aliphatic carbocycles. The van der Waals surface area contributed by atoms with E-state index in [1.807, 2.05) is 26.0 Å². The van der Waals surface area contributed by atoms with E-state index in [2.05, 4.69) is 19.6 Å². The molecule has 0 spiro atoms. The normalized spacial score (nSPS) is 10.4. The highest BCUT2D eigenvalue weighted by molar-refractivity contribution is 5.54. The quantitative estimate of drug-likeness (QED) is 0.731. The highest BCUT2D eigenvalue weighted by Gasteiger charge is 2.05. The summed E-state index contributed by atoms with van der Waals surface area (Å²) in [4.78, 5) is 17.4. The van der Waals surface area contributed by atoms with Crippen molar-refractivity contribution in [2.45, 2.75) is 13.8 Å². The summed E-state index contributed by atoms with van der Waals surface area (Å²) in [7, 11) is 0. The minimum atomic E-state index is -0.549. The lowest BCUT2D eigenvalue weighted by Gasteiger charge is -1.99. The Morgan fingerprint density at radius 3 is 2.43 bits per heavy atom. The van der Waals surface area contributed by atoms with Gasteiger partial charge >= 0.3 is 5.76 Å². The number of hydrogen-bond donors (Lipinski definition) is 1. The summed E-state index contributed by atoms with van der Waals surface area (Å²) >= 11 is 0. The average molecular weight is 191 g/mol. The van der Waals surface area contributed by atoms with Crippen LogP contribution in [0.3, 0.4) is 0 Å². The number of aromatic amines is 1. The van der Waals surface area contributed by atoms with Gasteiger partial charge in [0.2, 0.25) is 0 Å². The second-order valence-electron chi connectivity index (χ2n) is 3.08. The average Bonchev–Trinajstić information content (AvgIpc) is 2.50. The van der Waals surface area contributed by atoms with Gasteiger partial charge in [-0.3, -0.25) is 14.5 Å². The molecule has 2 aromatic rings. The molecule has 0 unspecified atom stereocenters. The number of H-pyrrole nitrogens is 1. The lowest BCUT2D eigenvalue weighted by atomic mass is 10.2. The highest BCUT2D eigenvalue weighted by Crippen LogP contribution is 2.14. The van der Waals surface area contributed by atoms with E-state index in [0.29, 0.717) is 5.82 Å². The van der Waals surface area contributed by atoms with Crippen LogP contribution in [0.1, 0.15) is 11.4 Å². The first-order valence-corrected chi connectivity index (χ1v) is 4.17. The number of hydrogen-bond acceptors (Lipinski definition) is 4. The predicted molar refractivity (Wildman–Crippen MR) is 49.8 cm³/mol. The fraction of sp³-hybridized carbons (Fsp3) is 0.222. The smallest absolute Gasteiger partial charge is 0.296 e. The predicted octanol–water partition coefficient (Wildman–Crippen LogP) is 1.04. The van der Waals surface area contributed by atoms with Crippen LogP contribution in [0.2, 0.25) is 0 Å². The first kappa shape index (κ1) is 8.68. The van der Waals surface area contributed by atoms with Crippen LogP contribution in [0.5, 0.6) is 0 Å². The Morgan fingerprint density at radius 1 is 1.29 bits per heavy atom. The number of pyridine rings is 1. The summed E-state index contributed by atoms with van der Waals surface area (Å²) < 4.78 is 4.42. The molecule has 14 heavy (non-hydrogen) atoms. The third-order valence-corrected chi connectivity index (χ3v) is 1.80. The molecule has 0 amide bonds. The third-order valence-electron chi connectivity index (χ3n) is 1.80. The Balaban J connectivity index is 2.56. The van der Waals surface area contributed by atoms with Crippen LogP contribution in [0.15, 0.2) is 21.5 Å². The van der Waals surface area contributed by atoms with Crippen molar-refractivity contribution in [1.29, 1.82) is 0 Å². The molecule has 0 aliphatic rings. The molecule has 0 aromatic carbocycles. The molecule has 5 nitrogen and oxygen atoms in total. The van der Waals surface area contributed by atoms with Gasteiger partial charge in [0, 0.05) is 17.0 Å². The molecule has 0 atom stereocenters. The molecular weight excluding hydrogens is 182 g/mol. The van der Waals surface area contributed by atoms with Crippen molar-refractivity contribution < 1.29 is 4.52 Å². The second-order valence-corrected chi connectivity index (χ2v) is 3.08. The first-order chi connectivity index (χ1) is 6.65. The van der Waals surface area contributed by atoms with Gasteiger partial charge in [-0.05, 0) is 26.0 Å². The molecule has 0 saturated carbocycles. The fourth-order valence-corrected chi connectivity index (χ4v) is 1.33. The third kappa shape index (κ3) is 1.56. The molecule has 0 saturated heterocycles. The molecule has 5 heteroatoms. The topological polar surface area (TPSA) is 71.8 Å². The van der Waals surface area contributed by atoms with Gasteiger partial charge in [-0.2, -0.15) is 0 Å². The molecule has 0 fully saturated rings. The van der Waals surface area contributed by atoms with Gasteiger partial charge in [0.05, 0.1) is 0 Å². The molecule has 0 aliphatic heterocycles. The maximum Gasteiger partial charge on any atom is 0.439 e. The Labute approximate surface area is 79.8 Å². The number of rotatable bonds is 1. The van der Waals surface area contributed by atoms with Gasteiger partial charge in [-0.1, -0.05) is 5.16 Å². The zero-order valence-electron chi connectivity index (χ0n) is 7.87. The summed E-state index contributed by atoms with van der Waals surface area (Å²) in [5, 5.41) is 3.60.